The Morgan fingerprint density at radius 3 is 2.47 bits per heavy atom. The predicted octanol–water partition coefficient (Wildman–Crippen LogP) is 3.22. The molecule has 0 aliphatic heterocycles. The minimum Gasteiger partial charge on any atom is -0.294 e. The summed E-state index contributed by atoms with van der Waals surface area (Å²) in [5.74, 6) is -0.308. The van der Waals surface area contributed by atoms with Crippen molar-refractivity contribution in [2.24, 2.45) is 0 Å². The minimum atomic E-state index is -0.294. The van der Waals surface area contributed by atoms with Gasteiger partial charge in [0.15, 0.2) is 5.78 Å². The van der Waals surface area contributed by atoms with Crippen molar-refractivity contribution in [1.82, 2.24) is 4.98 Å². The third kappa shape index (κ3) is 3.75. The number of ketones is 1. The number of carbonyl (C=O) groups is 1. The van der Waals surface area contributed by atoms with Gasteiger partial charge in [-0.15, -0.1) is 17.0 Å². The molecule has 2 rings (SSSR count). The summed E-state index contributed by atoms with van der Waals surface area (Å²) < 4.78 is 12.7. The maximum absolute atomic E-state index is 12.7. The number of benzene rings is 1. The number of rotatable bonds is 3. The van der Waals surface area contributed by atoms with Gasteiger partial charge in [0.2, 0.25) is 0 Å². The Morgan fingerprint density at radius 1 is 1.18 bits per heavy atom. The summed E-state index contributed by atoms with van der Waals surface area (Å²) in [6, 6.07) is 9.38. The molecule has 2 aromatic rings. The molecular weight excluding hydrogens is 285 g/mol. The van der Waals surface area contributed by atoms with Crippen molar-refractivity contribution in [2.75, 3.05) is 0 Å². The summed E-state index contributed by atoms with van der Waals surface area (Å²) in [5.41, 5.74) is 1.38. The molecule has 0 saturated heterocycles. The first kappa shape index (κ1) is 13.5. The van der Waals surface area contributed by atoms with Gasteiger partial charge < -0.3 is 0 Å². The molecule has 4 heteroatoms. The Morgan fingerprint density at radius 2 is 1.88 bits per heavy atom. The second kappa shape index (κ2) is 6.25. The third-order valence-corrected chi connectivity index (χ3v) is 2.26. The maximum atomic E-state index is 12.7. The van der Waals surface area contributed by atoms with Crippen LogP contribution < -0.4 is 0 Å². The zero-order valence-electron chi connectivity index (χ0n) is 8.97. The van der Waals surface area contributed by atoms with E-state index in [9.17, 15) is 9.18 Å². The van der Waals surface area contributed by atoms with E-state index in [-0.39, 0.29) is 35.0 Å². The Kier molecular flexibility index (Phi) is 4.97. The molecule has 0 unspecified atom stereocenters. The van der Waals surface area contributed by atoms with Crippen LogP contribution in [0.2, 0.25) is 0 Å². The minimum absolute atomic E-state index is 0. The average Bonchev–Trinajstić information content (AvgIpc) is 2.33. The molecule has 0 spiro atoms. The topological polar surface area (TPSA) is 30.0 Å². The lowest BCUT2D eigenvalue weighted by Gasteiger charge is -2.00. The molecule has 0 fully saturated rings. The van der Waals surface area contributed by atoms with Gasteiger partial charge in [-0.05, 0) is 29.8 Å². The fourth-order valence-electron chi connectivity index (χ4n) is 1.42. The van der Waals surface area contributed by atoms with Crippen LogP contribution in [0.3, 0.4) is 0 Å². The van der Waals surface area contributed by atoms with Crippen molar-refractivity contribution >= 4 is 22.8 Å². The molecule has 1 aromatic heterocycles. The van der Waals surface area contributed by atoms with Crippen molar-refractivity contribution in [1.29, 1.82) is 0 Å². The Labute approximate surface area is 109 Å². The molecule has 88 valence electrons. The first-order valence-electron chi connectivity index (χ1n) is 4.93. The number of pyridine rings is 1. The maximum Gasteiger partial charge on any atom is 0.168 e. The Balaban J connectivity index is 0.00000144. The van der Waals surface area contributed by atoms with E-state index in [2.05, 4.69) is 4.98 Å². The first-order valence-corrected chi connectivity index (χ1v) is 4.93. The quantitative estimate of drug-likeness (QED) is 0.814. The van der Waals surface area contributed by atoms with E-state index in [1.54, 1.807) is 30.5 Å². The number of hydrogen-bond donors (Lipinski definition) is 0. The van der Waals surface area contributed by atoms with Gasteiger partial charge >= 0.3 is 0 Å². The van der Waals surface area contributed by atoms with Crippen LogP contribution in [0, 0.1) is 5.82 Å². The van der Waals surface area contributed by atoms with Gasteiger partial charge in [0.1, 0.15) is 5.82 Å². The molecular formula is C13H11BrFNO. The van der Waals surface area contributed by atoms with Crippen molar-refractivity contribution in [2.45, 2.75) is 6.42 Å². The second-order valence-electron chi connectivity index (χ2n) is 3.47. The van der Waals surface area contributed by atoms with Crippen LogP contribution in [0.4, 0.5) is 4.39 Å². The highest BCUT2D eigenvalue weighted by molar-refractivity contribution is 8.93. The van der Waals surface area contributed by atoms with Gasteiger partial charge in [0, 0.05) is 24.4 Å². The molecule has 0 bridgehead atoms. The van der Waals surface area contributed by atoms with Crippen LogP contribution in [0.5, 0.6) is 0 Å². The van der Waals surface area contributed by atoms with E-state index in [0.29, 0.717) is 5.56 Å². The lowest BCUT2D eigenvalue weighted by Crippen LogP contribution is -2.03. The van der Waals surface area contributed by atoms with Crippen LogP contribution >= 0.6 is 17.0 Å². The number of hydrogen-bond acceptors (Lipinski definition) is 2. The molecule has 1 heterocycles. The zero-order chi connectivity index (χ0) is 11.4. The Hall–Kier alpha value is -1.55. The molecule has 17 heavy (non-hydrogen) atoms. The van der Waals surface area contributed by atoms with Crippen LogP contribution in [0.15, 0.2) is 48.8 Å². The van der Waals surface area contributed by atoms with Crippen LogP contribution in [0.25, 0.3) is 0 Å². The molecule has 0 atom stereocenters. The highest BCUT2D eigenvalue weighted by Gasteiger charge is 2.06. The van der Waals surface area contributed by atoms with Crippen LogP contribution in [-0.4, -0.2) is 10.8 Å². The summed E-state index contributed by atoms with van der Waals surface area (Å²) in [4.78, 5) is 15.6. The second-order valence-corrected chi connectivity index (χ2v) is 3.47. The Bertz CT molecular complexity index is 485. The number of nitrogens with zero attached hydrogens (tertiary/aromatic N) is 1. The molecule has 0 saturated carbocycles. The summed E-state index contributed by atoms with van der Waals surface area (Å²) in [6.45, 7) is 0. The lowest BCUT2D eigenvalue weighted by molar-refractivity contribution is 0.0992. The van der Waals surface area contributed by atoms with Crippen molar-refractivity contribution in [3.05, 3.63) is 65.7 Å². The van der Waals surface area contributed by atoms with Gasteiger partial charge in [-0.2, -0.15) is 0 Å². The van der Waals surface area contributed by atoms with Crippen LogP contribution in [-0.2, 0) is 6.42 Å². The molecule has 0 aliphatic carbocycles. The summed E-state index contributed by atoms with van der Waals surface area (Å²) >= 11 is 0. The van der Waals surface area contributed by atoms with Crippen molar-refractivity contribution in [3.8, 4) is 0 Å². The molecule has 0 N–H and O–H groups in total. The van der Waals surface area contributed by atoms with Gasteiger partial charge in [-0.3, -0.25) is 9.78 Å². The fraction of sp³-hybridized carbons (Fsp3) is 0.0769. The molecule has 0 aliphatic rings. The summed E-state index contributed by atoms with van der Waals surface area (Å²) in [6.07, 6.45) is 3.42. The molecule has 0 amide bonds. The van der Waals surface area contributed by atoms with E-state index in [4.69, 9.17) is 0 Å². The standard InChI is InChI=1S/C13H10FNO.BrH/c14-12-5-3-10(4-6-12)8-13(16)11-2-1-7-15-9-11;/h1-7,9H,8H2;1H. The van der Waals surface area contributed by atoms with E-state index in [0.717, 1.165) is 5.56 Å². The highest BCUT2D eigenvalue weighted by Crippen LogP contribution is 2.07. The molecule has 0 radical (unpaired) electrons. The largest absolute Gasteiger partial charge is 0.294 e. The van der Waals surface area contributed by atoms with Crippen molar-refractivity contribution in [3.63, 3.8) is 0 Å². The smallest absolute Gasteiger partial charge is 0.168 e. The number of aromatic nitrogens is 1. The number of Topliss-reactive ketones (excluding diaryl/α,β-unsaturated/α-hetero) is 1. The monoisotopic (exact) mass is 295 g/mol. The van der Waals surface area contributed by atoms with Gasteiger partial charge in [-0.1, -0.05) is 12.1 Å². The number of carbonyl (C=O) groups excluding carboxylic acids is 1. The van der Waals surface area contributed by atoms with Gasteiger partial charge in [-0.25, -0.2) is 4.39 Å². The third-order valence-electron chi connectivity index (χ3n) is 2.26. The number of halogens is 2. The fourth-order valence-corrected chi connectivity index (χ4v) is 1.42. The SMILES string of the molecule is Br.O=C(Cc1ccc(F)cc1)c1cccnc1. The van der Waals surface area contributed by atoms with Crippen LogP contribution in [0.1, 0.15) is 15.9 Å². The van der Waals surface area contributed by atoms with E-state index < -0.39 is 0 Å². The van der Waals surface area contributed by atoms with Gasteiger partial charge in [0.05, 0.1) is 0 Å². The van der Waals surface area contributed by atoms with E-state index >= 15 is 0 Å². The normalized spacial score (nSPS) is 9.47. The lowest BCUT2D eigenvalue weighted by atomic mass is 10.0. The molecule has 2 nitrogen and oxygen atoms in total. The van der Waals surface area contributed by atoms with E-state index in [1.165, 1.54) is 18.3 Å². The highest BCUT2D eigenvalue weighted by atomic mass is 79.9. The summed E-state index contributed by atoms with van der Waals surface area (Å²) in [7, 11) is 0. The zero-order valence-corrected chi connectivity index (χ0v) is 10.7. The molecule has 1 aromatic carbocycles. The summed E-state index contributed by atoms with van der Waals surface area (Å²) in [5, 5.41) is 0. The average molecular weight is 296 g/mol. The van der Waals surface area contributed by atoms with Crippen molar-refractivity contribution < 1.29 is 9.18 Å². The van der Waals surface area contributed by atoms with E-state index in [1.807, 2.05) is 0 Å². The van der Waals surface area contributed by atoms with Gasteiger partial charge in [0.25, 0.3) is 0 Å². The predicted molar refractivity (Wildman–Crippen MR) is 69.0 cm³/mol. The first-order chi connectivity index (χ1) is 7.75.